The highest BCUT2D eigenvalue weighted by atomic mass is 35.5. The smallest absolute Gasteiger partial charge is 0.270 e. The summed E-state index contributed by atoms with van der Waals surface area (Å²) in [6.45, 7) is 0.567. The Morgan fingerprint density at radius 3 is 2.63 bits per heavy atom. The van der Waals surface area contributed by atoms with Gasteiger partial charge in [0, 0.05) is 24.2 Å². The molecule has 8 heteroatoms. The third-order valence-corrected chi connectivity index (χ3v) is 5.02. The van der Waals surface area contributed by atoms with E-state index in [-0.39, 0.29) is 28.2 Å². The number of nitro groups is 1. The lowest BCUT2D eigenvalue weighted by molar-refractivity contribution is -0.384. The first-order valence-electron chi connectivity index (χ1n) is 8.43. The van der Waals surface area contributed by atoms with Crippen molar-refractivity contribution in [2.75, 3.05) is 20.8 Å². The molecule has 1 aliphatic rings. The first-order valence-corrected chi connectivity index (χ1v) is 8.81. The van der Waals surface area contributed by atoms with E-state index in [4.69, 9.17) is 21.1 Å². The van der Waals surface area contributed by atoms with E-state index in [2.05, 4.69) is 0 Å². The molecule has 1 heterocycles. The second kappa shape index (κ2) is 7.84. The van der Waals surface area contributed by atoms with Gasteiger partial charge in [-0.2, -0.15) is 0 Å². The predicted molar refractivity (Wildman–Crippen MR) is 101 cm³/mol. The summed E-state index contributed by atoms with van der Waals surface area (Å²) in [7, 11) is 3.17. The average molecular weight is 391 g/mol. The molecule has 7 nitrogen and oxygen atoms in total. The summed E-state index contributed by atoms with van der Waals surface area (Å²) >= 11 is 6.15. The van der Waals surface area contributed by atoms with Crippen LogP contribution in [0.1, 0.15) is 34.8 Å². The number of rotatable bonds is 5. The van der Waals surface area contributed by atoms with Gasteiger partial charge in [-0.05, 0) is 37.1 Å². The fourth-order valence-corrected chi connectivity index (χ4v) is 3.63. The summed E-state index contributed by atoms with van der Waals surface area (Å²) in [6.07, 6.45) is 1.61. The van der Waals surface area contributed by atoms with Crippen molar-refractivity contribution < 1.29 is 19.2 Å². The van der Waals surface area contributed by atoms with E-state index in [0.29, 0.717) is 18.0 Å². The summed E-state index contributed by atoms with van der Waals surface area (Å²) in [5.74, 6) is 1.09. The van der Waals surface area contributed by atoms with Crippen molar-refractivity contribution >= 4 is 23.2 Å². The lowest BCUT2D eigenvalue weighted by Crippen LogP contribution is -2.31. The highest BCUT2D eigenvalue weighted by molar-refractivity contribution is 6.34. The van der Waals surface area contributed by atoms with Crippen LogP contribution in [-0.4, -0.2) is 36.5 Å². The normalized spacial score (nSPS) is 16.3. The number of carbonyl (C=O) groups excluding carboxylic acids is 1. The van der Waals surface area contributed by atoms with Crippen molar-refractivity contribution in [2.45, 2.75) is 18.9 Å². The topological polar surface area (TPSA) is 81.9 Å². The van der Waals surface area contributed by atoms with Gasteiger partial charge >= 0.3 is 0 Å². The van der Waals surface area contributed by atoms with E-state index in [0.717, 1.165) is 18.4 Å². The van der Waals surface area contributed by atoms with Crippen molar-refractivity contribution in [3.8, 4) is 11.5 Å². The Morgan fingerprint density at radius 1 is 1.22 bits per heavy atom. The van der Waals surface area contributed by atoms with E-state index in [1.54, 1.807) is 25.2 Å². The summed E-state index contributed by atoms with van der Waals surface area (Å²) in [6, 6.07) is 9.19. The lowest BCUT2D eigenvalue weighted by atomic mass is 10.0. The maximum absolute atomic E-state index is 13.1. The number of hydrogen-bond donors (Lipinski definition) is 0. The molecular weight excluding hydrogens is 372 g/mol. The molecule has 0 saturated carbocycles. The fourth-order valence-electron chi connectivity index (χ4n) is 3.38. The van der Waals surface area contributed by atoms with Gasteiger partial charge in [-0.1, -0.05) is 11.6 Å². The molecule has 0 radical (unpaired) electrons. The van der Waals surface area contributed by atoms with Crippen LogP contribution in [-0.2, 0) is 0 Å². The van der Waals surface area contributed by atoms with E-state index >= 15 is 0 Å². The zero-order valence-electron chi connectivity index (χ0n) is 15.0. The maximum Gasteiger partial charge on any atom is 0.270 e. The Balaban J connectivity index is 1.95. The molecule has 1 fully saturated rings. The number of hydrogen-bond acceptors (Lipinski definition) is 5. The molecule has 1 saturated heterocycles. The number of halogens is 1. The Hall–Kier alpha value is -2.80. The van der Waals surface area contributed by atoms with E-state index in [9.17, 15) is 14.9 Å². The number of nitrogens with zero attached hydrogens (tertiary/aromatic N) is 2. The second-order valence-electron chi connectivity index (χ2n) is 6.19. The molecule has 2 aromatic carbocycles. The lowest BCUT2D eigenvalue weighted by Gasteiger charge is -2.27. The van der Waals surface area contributed by atoms with E-state index < -0.39 is 4.92 Å². The van der Waals surface area contributed by atoms with Crippen molar-refractivity contribution in [3.63, 3.8) is 0 Å². The summed E-state index contributed by atoms with van der Waals surface area (Å²) < 4.78 is 10.8. The summed E-state index contributed by atoms with van der Waals surface area (Å²) in [4.78, 5) is 25.2. The van der Waals surface area contributed by atoms with Gasteiger partial charge in [0.25, 0.3) is 11.6 Å². The van der Waals surface area contributed by atoms with Crippen molar-refractivity contribution in [3.05, 3.63) is 62.7 Å². The van der Waals surface area contributed by atoms with E-state index in [1.165, 1.54) is 18.2 Å². The van der Waals surface area contributed by atoms with Gasteiger partial charge < -0.3 is 14.4 Å². The number of non-ortho nitro benzene ring substituents is 1. The molecule has 0 aromatic heterocycles. The first-order chi connectivity index (χ1) is 13.0. The second-order valence-corrected chi connectivity index (χ2v) is 6.59. The average Bonchev–Trinajstić information content (AvgIpc) is 3.16. The van der Waals surface area contributed by atoms with Crippen LogP contribution in [0.4, 0.5) is 5.69 Å². The number of methoxy groups -OCH3 is 2. The fraction of sp³-hybridized carbons (Fsp3) is 0.316. The van der Waals surface area contributed by atoms with Crippen molar-refractivity contribution in [1.82, 2.24) is 4.90 Å². The Bertz CT molecular complexity index is 886. The number of carbonyl (C=O) groups is 1. The molecular formula is C19H19ClN2O5. The zero-order valence-corrected chi connectivity index (χ0v) is 15.7. The molecule has 0 spiro atoms. The number of nitro benzene ring substituents is 1. The molecule has 2 aromatic rings. The minimum absolute atomic E-state index is 0.0671. The molecule has 0 unspecified atom stereocenters. The number of benzene rings is 2. The first kappa shape index (κ1) is 19.0. The molecule has 142 valence electrons. The zero-order chi connectivity index (χ0) is 19.6. The van der Waals surface area contributed by atoms with Gasteiger partial charge in [-0.25, -0.2) is 0 Å². The van der Waals surface area contributed by atoms with E-state index in [1.807, 2.05) is 12.1 Å². The van der Waals surface area contributed by atoms with Gasteiger partial charge in [0.15, 0.2) is 0 Å². The standard InChI is InChI=1S/C19H19ClN2O5/c1-26-13-6-8-18(27-2)15(11-13)17-4-3-9-21(17)19(23)14-7-5-12(22(24)25)10-16(14)20/h5-8,10-11,17H,3-4,9H2,1-2H3/t17-/m1/s1. The monoisotopic (exact) mass is 390 g/mol. The van der Waals surface area contributed by atoms with Crippen LogP contribution in [0, 0.1) is 10.1 Å². The molecule has 3 rings (SSSR count). The minimum atomic E-state index is -0.542. The highest BCUT2D eigenvalue weighted by Crippen LogP contribution is 2.40. The molecule has 1 amide bonds. The molecule has 0 aliphatic carbocycles. The van der Waals surface area contributed by atoms with Gasteiger partial charge in [0.2, 0.25) is 0 Å². The molecule has 1 aliphatic heterocycles. The van der Waals surface area contributed by atoms with Gasteiger partial charge in [0.05, 0.1) is 35.8 Å². The van der Waals surface area contributed by atoms with Gasteiger partial charge in [-0.3, -0.25) is 14.9 Å². The van der Waals surface area contributed by atoms with Crippen LogP contribution < -0.4 is 9.47 Å². The van der Waals surface area contributed by atoms with Crippen molar-refractivity contribution in [2.24, 2.45) is 0 Å². The minimum Gasteiger partial charge on any atom is -0.497 e. The summed E-state index contributed by atoms with van der Waals surface area (Å²) in [5, 5.41) is 11.0. The molecule has 0 N–H and O–H groups in total. The maximum atomic E-state index is 13.1. The van der Waals surface area contributed by atoms with Crippen LogP contribution in [0.2, 0.25) is 5.02 Å². The van der Waals surface area contributed by atoms with Crippen LogP contribution in [0.15, 0.2) is 36.4 Å². The Morgan fingerprint density at radius 2 is 2.00 bits per heavy atom. The van der Waals surface area contributed by atoms with Crippen LogP contribution in [0.25, 0.3) is 0 Å². The van der Waals surface area contributed by atoms with Crippen molar-refractivity contribution in [1.29, 1.82) is 0 Å². The number of likely N-dealkylation sites (tertiary alicyclic amines) is 1. The van der Waals surface area contributed by atoms with Crippen LogP contribution in [0.3, 0.4) is 0 Å². The molecule has 27 heavy (non-hydrogen) atoms. The Labute approximate surface area is 161 Å². The highest BCUT2D eigenvalue weighted by Gasteiger charge is 2.33. The SMILES string of the molecule is COc1ccc(OC)c([C@H]2CCCN2C(=O)c2ccc([N+](=O)[O-])cc2Cl)c1. The molecule has 0 bridgehead atoms. The largest absolute Gasteiger partial charge is 0.497 e. The Kier molecular flexibility index (Phi) is 5.51. The third-order valence-electron chi connectivity index (χ3n) is 4.70. The summed E-state index contributed by atoms with van der Waals surface area (Å²) in [5.41, 5.74) is 0.959. The van der Waals surface area contributed by atoms with Gasteiger partial charge in [-0.15, -0.1) is 0 Å². The van der Waals surface area contributed by atoms with Crippen LogP contribution in [0.5, 0.6) is 11.5 Å². The predicted octanol–water partition coefficient (Wildman–Crippen LogP) is 4.24. The molecule has 1 atom stereocenters. The number of ether oxygens (including phenoxy) is 2. The van der Waals surface area contributed by atoms with Crippen LogP contribution >= 0.6 is 11.6 Å². The quantitative estimate of drug-likeness (QED) is 0.563. The van der Waals surface area contributed by atoms with Gasteiger partial charge in [0.1, 0.15) is 11.5 Å². The number of amides is 1. The third kappa shape index (κ3) is 3.68.